The Bertz CT molecular complexity index is 1110. The van der Waals surface area contributed by atoms with Gasteiger partial charge in [-0.15, -0.1) is 21.5 Å². The van der Waals surface area contributed by atoms with Crippen LogP contribution < -0.4 is 10.9 Å². The van der Waals surface area contributed by atoms with Crippen molar-refractivity contribution in [2.75, 3.05) is 11.9 Å². The van der Waals surface area contributed by atoms with E-state index in [9.17, 15) is 14.4 Å². The van der Waals surface area contributed by atoms with Crippen LogP contribution in [0.2, 0.25) is 0 Å². The number of nitrogens with one attached hydrogen (secondary N) is 2. The average Bonchev–Trinajstić information content (AvgIpc) is 3.15. The predicted octanol–water partition coefficient (Wildman–Crippen LogP) is 3.50. The molecule has 0 aliphatic carbocycles. The molecule has 0 radical (unpaired) electrons. The molecule has 0 bridgehead atoms. The minimum atomic E-state index is -0.588. The second-order valence-corrected chi connectivity index (χ2v) is 8.44. The molecular weight excluding hydrogens is 424 g/mol. The Kier molecular flexibility index (Phi) is 7.01. The van der Waals surface area contributed by atoms with Gasteiger partial charge in [-0.05, 0) is 26.3 Å². The van der Waals surface area contributed by atoms with Crippen molar-refractivity contribution in [3.63, 3.8) is 0 Å². The van der Waals surface area contributed by atoms with E-state index in [1.54, 1.807) is 20.8 Å². The Labute approximate surface area is 181 Å². The van der Waals surface area contributed by atoms with Crippen molar-refractivity contribution in [3.05, 3.63) is 57.3 Å². The second-order valence-electron chi connectivity index (χ2n) is 6.23. The second kappa shape index (κ2) is 9.68. The summed E-state index contributed by atoms with van der Waals surface area (Å²) in [5.74, 6) is -0.836. The highest BCUT2D eigenvalue weighted by molar-refractivity contribution is 8.00. The SMILES string of the molecule is CCOC(=O)c1c(-c2ccccc2)csc1NC(=O)C(C)Sc1nnc(C)c(=O)[nH]1. The quantitative estimate of drug-likeness (QED) is 0.423. The van der Waals surface area contributed by atoms with E-state index in [4.69, 9.17) is 4.74 Å². The van der Waals surface area contributed by atoms with Crippen LogP contribution in [0, 0.1) is 6.92 Å². The lowest BCUT2D eigenvalue weighted by Crippen LogP contribution is -2.24. The van der Waals surface area contributed by atoms with Gasteiger partial charge in [-0.2, -0.15) is 0 Å². The molecule has 0 saturated heterocycles. The van der Waals surface area contributed by atoms with Crippen LogP contribution in [0.15, 0.2) is 45.7 Å². The predicted molar refractivity (Wildman–Crippen MR) is 117 cm³/mol. The minimum Gasteiger partial charge on any atom is -0.462 e. The summed E-state index contributed by atoms with van der Waals surface area (Å²) >= 11 is 2.32. The van der Waals surface area contributed by atoms with Crippen molar-refractivity contribution in [1.82, 2.24) is 15.2 Å². The number of anilines is 1. The van der Waals surface area contributed by atoms with Crippen molar-refractivity contribution in [2.45, 2.75) is 31.2 Å². The molecule has 0 saturated carbocycles. The highest BCUT2D eigenvalue weighted by atomic mass is 32.2. The van der Waals surface area contributed by atoms with Crippen LogP contribution in [0.3, 0.4) is 0 Å². The number of hydrogen-bond donors (Lipinski definition) is 2. The molecule has 30 heavy (non-hydrogen) atoms. The van der Waals surface area contributed by atoms with Crippen LogP contribution in [-0.2, 0) is 9.53 Å². The third-order valence-electron chi connectivity index (χ3n) is 4.09. The number of carbonyl (C=O) groups excluding carboxylic acids is 2. The van der Waals surface area contributed by atoms with Gasteiger partial charge in [0.05, 0.1) is 11.9 Å². The van der Waals surface area contributed by atoms with Crippen LogP contribution >= 0.6 is 23.1 Å². The lowest BCUT2D eigenvalue weighted by molar-refractivity contribution is -0.115. The van der Waals surface area contributed by atoms with Crippen molar-refractivity contribution in [2.24, 2.45) is 0 Å². The molecule has 0 spiro atoms. The fraction of sp³-hybridized carbons (Fsp3) is 0.250. The van der Waals surface area contributed by atoms with E-state index >= 15 is 0 Å². The van der Waals surface area contributed by atoms with Crippen LogP contribution in [0.5, 0.6) is 0 Å². The number of esters is 1. The first-order chi connectivity index (χ1) is 14.4. The van der Waals surface area contributed by atoms with E-state index in [0.717, 1.165) is 17.3 Å². The molecule has 8 nitrogen and oxygen atoms in total. The number of hydrogen-bond acceptors (Lipinski definition) is 8. The molecule has 1 unspecified atom stereocenters. The molecule has 10 heteroatoms. The summed E-state index contributed by atoms with van der Waals surface area (Å²) in [5.41, 5.74) is 1.77. The molecular formula is C20H20N4O4S2. The highest BCUT2D eigenvalue weighted by Gasteiger charge is 2.25. The zero-order valence-electron chi connectivity index (χ0n) is 16.6. The molecule has 2 N–H and O–H groups in total. The number of H-pyrrole nitrogens is 1. The third kappa shape index (κ3) is 4.95. The number of ether oxygens (including phenoxy) is 1. The molecule has 156 valence electrons. The molecule has 2 heterocycles. The Balaban J connectivity index is 1.83. The van der Waals surface area contributed by atoms with Gasteiger partial charge in [0.15, 0.2) is 5.16 Å². The number of aryl methyl sites for hydroxylation is 1. The fourth-order valence-corrected chi connectivity index (χ4v) is 4.25. The summed E-state index contributed by atoms with van der Waals surface area (Å²) in [5, 5.41) is 12.3. The summed E-state index contributed by atoms with van der Waals surface area (Å²) in [6.45, 7) is 5.18. The molecule has 0 aliphatic rings. The van der Waals surface area contributed by atoms with Crippen molar-refractivity contribution in [1.29, 1.82) is 0 Å². The first kappa shape index (κ1) is 21.7. The Morgan fingerprint density at radius 3 is 2.67 bits per heavy atom. The maximum atomic E-state index is 12.7. The number of rotatable bonds is 7. The molecule has 1 atom stereocenters. The topological polar surface area (TPSA) is 114 Å². The van der Waals surface area contributed by atoms with Gasteiger partial charge in [-0.1, -0.05) is 42.1 Å². The Morgan fingerprint density at radius 1 is 1.27 bits per heavy atom. The van der Waals surface area contributed by atoms with Crippen molar-refractivity contribution in [3.8, 4) is 11.1 Å². The standard InChI is InChI=1S/C20H20N4O4S2/c1-4-28-19(27)15-14(13-8-6-5-7-9-13)10-29-18(15)21-17(26)12(3)30-20-22-16(25)11(2)23-24-20/h5-10,12H,4H2,1-3H3,(H,21,26)(H,22,24,25). The zero-order chi connectivity index (χ0) is 21.7. The van der Waals surface area contributed by atoms with Gasteiger partial charge in [-0.25, -0.2) is 4.79 Å². The lowest BCUT2D eigenvalue weighted by atomic mass is 10.0. The van der Waals surface area contributed by atoms with Gasteiger partial charge >= 0.3 is 5.97 Å². The fourth-order valence-electron chi connectivity index (χ4n) is 2.55. The third-order valence-corrected chi connectivity index (χ3v) is 5.96. The number of thiophene rings is 1. The summed E-state index contributed by atoms with van der Waals surface area (Å²) in [6, 6.07) is 9.42. The van der Waals surface area contributed by atoms with Gasteiger partial charge in [0, 0.05) is 10.9 Å². The van der Waals surface area contributed by atoms with Gasteiger partial charge < -0.3 is 10.1 Å². The molecule has 3 aromatic rings. The van der Waals surface area contributed by atoms with Gasteiger partial charge in [-0.3, -0.25) is 14.6 Å². The van der Waals surface area contributed by atoms with E-state index in [0.29, 0.717) is 16.1 Å². The van der Waals surface area contributed by atoms with Crippen LogP contribution in [0.25, 0.3) is 11.1 Å². The zero-order valence-corrected chi connectivity index (χ0v) is 18.2. The number of aromatic nitrogens is 3. The van der Waals surface area contributed by atoms with E-state index < -0.39 is 11.2 Å². The molecule has 2 aromatic heterocycles. The smallest absolute Gasteiger partial charge is 0.341 e. The van der Waals surface area contributed by atoms with Crippen LogP contribution in [-0.4, -0.2) is 38.9 Å². The van der Waals surface area contributed by atoms with E-state index in [2.05, 4.69) is 20.5 Å². The first-order valence-electron chi connectivity index (χ1n) is 9.15. The normalized spacial score (nSPS) is 11.7. The molecule has 1 aromatic carbocycles. The average molecular weight is 445 g/mol. The largest absolute Gasteiger partial charge is 0.462 e. The van der Waals surface area contributed by atoms with E-state index in [1.807, 2.05) is 35.7 Å². The summed E-state index contributed by atoms with van der Waals surface area (Å²) in [4.78, 5) is 39.6. The number of carbonyl (C=O) groups is 2. The summed E-state index contributed by atoms with van der Waals surface area (Å²) < 4.78 is 5.20. The summed E-state index contributed by atoms with van der Waals surface area (Å²) in [7, 11) is 0. The summed E-state index contributed by atoms with van der Waals surface area (Å²) in [6.07, 6.45) is 0. The number of aromatic amines is 1. The number of nitrogens with zero attached hydrogens (tertiary/aromatic N) is 2. The monoisotopic (exact) mass is 444 g/mol. The van der Waals surface area contributed by atoms with Crippen molar-refractivity contribution < 1.29 is 14.3 Å². The highest BCUT2D eigenvalue weighted by Crippen LogP contribution is 2.36. The Hall–Kier alpha value is -2.98. The maximum Gasteiger partial charge on any atom is 0.341 e. The van der Waals surface area contributed by atoms with Gasteiger partial charge in [0.25, 0.3) is 5.56 Å². The van der Waals surface area contributed by atoms with Gasteiger partial charge in [0.2, 0.25) is 5.91 Å². The number of amides is 1. The Morgan fingerprint density at radius 2 is 2.00 bits per heavy atom. The molecule has 0 fully saturated rings. The maximum absolute atomic E-state index is 12.7. The molecule has 1 amide bonds. The number of benzene rings is 1. The van der Waals surface area contributed by atoms with Crippen LogP contribution in [0.1, 0.15) is 29.9 Å². The lowest BCUT2D eigenvalue weighted by Gasteiger charge is -2.12. The van der Waals surface area contributed by atoms with Crippen LogP contribution in [0.4, 0.5) is 5.00 Å². The van der Waals surface area contributed by atoms with E-state index in [-0.39, 0.29) is 28.9 Å². The van der Waals surface area contributed by atoms with E-state index in [1.165, 1.54) is 11.3 Å². The molecule has 3 rings (SSSR count). The number of thioether (sulfide) groups is 1. The van der Waals surface area contributed by atoms with Gasteiger partial charge in [0.1, 0.15) is 16.3 Å². The first-order valence-corrected chi connectivity index (χ1v) is 10.9. The van der Waals surface area contributed by atoms with Crippen molar-refractivity contribution >= 4 is 40.0 Å². The minimum absolute atomic E-state index is 0.224. The molecule has 0 aliphatic heterocycles.